The van der Waals surface area contributed by atoms with E-state index < -0.39 is 0 Å². The zero-order valence-corrected chi connectivity index (χ0v) is 18.4. The maximum atomic E-state index is 9.89. The summed E-state index contributed by atoms with van der Waals surface area (Å²) in [6, 6.07) is 32.6. The van der Waals surface area contributed by atoms with Gasteiger partial charge < -0.3 is 14.2 Å². The lowest BCUT2D eigenvalue weighted by molar-refractivity contribution is 0.143. The fraction of sp³-hybridized carbons (Fsp3) is 0.172. The molecule has 0 spiro atoms. The summed E-state index contributed by atoms with van der Waals surface area (Å²) in [5.74, 6) is 0. The van der Waals surface area contributed by atoms with Crippen molar-refractivity contribution in [3.8, 4) is 5.69 Å². The van der Waals surface area contributed by atoms with Crippen molar-refractivity contribution in [1.82, 2.24) is 9.13 Å². The van der Waals surface area contributed by atoms with E-state index in [0.717, 1.165) is 6.54 Å². The lowest BCUT2D eigenvalue weighted by Crippen LogP contribution is -2.23. The molecule has 3 heteroatoms. The highest BCUT2D eigenvalue weighted by Gasteiger charge is 2.21. The maximum absolute atomic E-state index is 9.89. The molecule has 1 N–H and O–H groups in total. The zero-order valence-electron chi connectivity index (χ0n) is 18.4. The molecule has 0 saturated heterocycles. The van der Waals surface area contributed by atoms with E-state index in [4.69, 9.17) is 0 Å². The van der Waals surface area contributed by atoms with E-state index in [9.17, 15) is 5.11 Å². The van der Waals surface area contributed by atoms with Crippen LogP contribution in [0.3, 0.4) is 0 Å². The van der Waals surface area contributed by atoms with Gasteiger partial charge in [0.1, 0.15) is 0 Å². The van der Waals surface area contributed by atoms with E-state index in [1.165, 1.54) is 49.3 Å². The number of hydrogen-bond acceptors (Lipinski definition) is 1. The number of para-hydroxylation sites is 3. The number of nitrogens with zero attached hydrogens (tertiary/aromatic N) is 2. The first-order valence-corrected chi connectivity index (χ1v) is 11.2. The lowest BCUT2D eigenvalue weighted by Gasteiger charge is -2.23. The summed E-state index contributed by atoms with van der Waals surface area (Å²) < 4.78 is 4.73. The molecule has 0 aliphatic heterocycles. The van der Waals surface area contributed by atoms with Crippen LogP contribution in [0.1, 0.15) is 13.8 Å². The van der Waals surface area contributed by atoms with Crippen molar-refractivity contribution in [2.45, 2.75) is 20.4 Å². The van der Waals surface area contributed by atoms with E-state index in [2.05, 4.69) is 114 Å². The van der Waals surface area contributed by atoms with Crippen LogP contribution in [0.15, 0.2) is 91.0 Å². The third-order valence-electron chi connectivity index (χ3n) is 6.61. The number of aliphatic hydroxyl groups excluding tert-OH is 1. The number of fused-ring (bicyclic) bond motifs is 6. The summed E-state index contributed by atoms with van der Waals surface area (Å²) >= 11 is 0. The highest BCUT2D eigenvalue weighted by molar-refractivity contribution is 6.11. The Morgan fingerprint density at radius 2 is 1.12 bits per heavy atom. The average molecular weight is 419 g/mol. The first-order chi connectivity index (χ1) is 15.6. The molecular formula is C29H26N2O. The molecule has 0 saturated carbocycles. The molecule has 2 aromatic heterocycles. The summed E-state index contributed by atoms with van der Waals surface area (Å²) in [5, 5.41) is 14.9. The first kappa shape index (κ1) is 19.1. The van der Waals surface area contributed by atoms with Crippen LogP contribution in [0.25, 0.3) is 49.3 Å². The largest absolute Gasteiger partial charge is 0.396 e. The van der Waals surface area contributed by atoms with Crippen LogP contribution < -0.4 is 0 Å². The normalized spacial score (nSPS) is 12.5. The van der Waals surface area contributed by atoms with Gasteiger partial charge in [0.2, 0.25) is 0 Å². The van der Waals surface area contributed by atoms with Crippen LogP contribution in [0.2, 0.25) is 0 Å². The summed E-state index contributed by atoms with van der Waals surface area (Å²) in [4.78, 5) is 0. The second kappa shape index (κ2) is 6.98. The molecule has 6 aromatic rings. The fourth-order valence-corrected chi connectivity index (χ4v) is 5.03. The van der Waals surface area contributed by atoms with Crippen molar-refractivity contribution >= 4 is 43.6 Å². The van der Waals surface area contributed by atoms with Crippen molar-refractivity contribution in [2.24, 2.45) is 5.41 Å². The van der Waals surface area contributed by atoms with Crippen LogP contribution in [0.5, 0.6) is 0 Å². The summed E-state index contributed by atoms with van der Waals surface area (Å²) in [6.45, 7) is 5.14. The van der Waals surface area contributed by atoms with Gasteiger partial charge in [-0.3, -0.25) is 0 Å². The molecule has 2 heterocycles. The second-order valence-corrected chi connectivity index (χ2v) is 9.50. The monoisotopic (exact) mass is 418 g/mol. The Bertz CT molecular complexity index is 1560. The van der Waals surface area contributed by atoms with Gasteiger partial charge in [-0.25, -0.2) is 0 Å². The van der Waals surface area contributed by atoms with Crippen molar-refractivity contribution in [3.63, 3.8) is 0 Å². The Morgan fingerprint density at radius 3 is 1.72 bits per heavy atom. The number of rotatable bonds is 4. The van der Waals surface area contributed by atoms with Gasteiger partial charge in [-0.05, 0) is 36.4 Å². The molecule has 3 nitrogen and oxygen atoms in total. The molecule has 0 fully saturated rings. The third kappa shape index (κ3) is 2.78. The predicted octanol–water partition coefficient (Wildman–Crippen LogP) is 6.91. The minimum Gasteiger partial charge on any atom is -0.396 e. The molecule has 0 amide bonds. The third-order valence-corrected chi connectivity index (χ3v) is 6.61. The quantitative estimate of drug-likeness (QED) is 0.331. The number of aromatic nitrogens is 2. The molecule has 0 aliphatic rings. The SMILES string of the molecule is CC(C)(CO)Cn1c2ccccc2c2cc(-n3c4ccccc4c4ccccc43)ccc21. The predicted molar refractivity (Wildman–Crippen MR) is 135 cm³/mol. The van der Waals surface area contributed by atoms with Gasteiger partial charge in [0, 0.05) is 56.8 Å². The number of aliphatic hydroxyl groups is 1. The molecule has 0 radical (unpaired) electrons. The van der Waals surface area contributed by atoms with Crippen molar-refractivity contribution < 1.29 is 5.11 Å². The van der Waals surface area contributed by atoms with Crippen molar-refractivity contribution in [3.05, 3.63) is 91.0 Å². The molecule has 32 heavy (non-hydrogen) atoms. The van der Waals surface area contributed by atoms with Crippen LogP contribution in [0.4, 0.5) is 0 Å². The van der Waals surface area contributed by atoms with Gasteiger partial charge in [-0.15, -0.1) is 0 Å². The van der Waals surface area contributed by atoms with Gasteiger partial charge >= 0.3 is 0 Å². The van der Waals surface area contributed by atoms with Crippen molar-refractivity contribution in [1.29, 1.82) is 0 Å². The molecule has 158 valence electrons. The van der Waals surface area contributed by atoms with E-state index in [1.54, 1.807) is 0 Å². The molecular weight excluding hydrogens is 392 g/mol. The second-order valence-electron chi connectivity index (χ2n) is 9.50. The lowest BCUT2D eigenvalue weighted by atomic mass is 9.95. The highest BCUT2D eigenvalue weighted by atomic mass is 16.3. The van der Waals surface area contributed by atoms with E-state index >= 15 is 0 Å². The fourth-order valence-electron chi connectivity index (χ4n) is 5.03. The average Bonchev–Trinajstić information content (AvgIpc) is 3.32. The summed E-state index contributed by atoms with van der Waals surface area (Å²) in [7, 11) is 0. The Kier molecular flexibility index (Phi) is 4.17. The zero-order chi connectivity index (χ0) is 21.9. The molecule has 6 rings (SSSR count). The molecule has 0 unspecified atom stereocenters. The van der Waals surface area contributed by atoms with Gasteiger partial charge in [-0.2, -0.15) is 0 Å². The van der Waals surface area contributed by atoms with Crippen LogP contribution >= 0.6 is 0 Å². The van der Waals surface area contributed by atoms with Gasteiger partial charge in [0.25, 0.3) is 0 Å². The van der Waals surface area contributed by atoms with E-state index in [0.29, 0.717) is 0 Å². The van der Waals surface area contributed by atoms with Crippen molar-refractivity contribution in [2.75, 3.05) is 6.61 Å². The molecule has 0 atom stereocenters. The van der Waals surface area contributed by atoms with Gasteiger partial charge in [-0.1, -0.05) is 68.4 Å². The maximum Gasteiger partial charge on any atom is 0.0541 e. The van der Waals surface area contributed by atoms with Crippen LogP contribution in [0, 0.1) is 5.41 Å². The number of hydrogen-bond donors (Lipinski definition) is 1. The Morgan fingerprint density at radius 1 is 0.625 bits per heavy atom. The Balaban J connectivity index is 1.66. The topological polar surface area (TPSA) is 30.1 Å². The summed E-state index contributed by atoms with van der Waals surface area (Å²) in [6.07, 6.45) is 0. The van der Waals surface area contributed by atoms with E-state index in [-0.39, 0.29) is 12.0 Å². The standard InChI is InChI=1S/C29H26N2O/c1-29(2,19-32)18-30-25-12-6-3-11-23(25)24-17-20(15-16-26(24)30)31-27-13-7-4-9-21(27)22-10-5-8-14-28(22)31/h3-17,32H,18-19H2,1-2H3. The smallest absolute Gasteiger partial charge is 0.0541 e. The van der Waals surface area contributed by atoms with E-state index in [1.807, 2.05) is 0 Å². The van der Waals surface area contributed by atoms with Gasteiger partial charge in [0.15, 0.2) is 0 Å². The van der Waals surface area contributed by atoms with Crippen LogP contribution in [-0.2, 0) is 6.54 Å². The minimum absolute atomic E-state index is 0.153. The highest BCUT2D eigenvalue weighted by Crippen LogP contribution is 2.36. The molecule has 0 aliphatic carbocycles. The first-order valence-electron chi connectivity index (χ1n) is 11.2. The summed E-state index contributed by atoms with van der Waals surface area (Å²) in [5.41, 5.74) is 5.83. The Labute approximate surface area is 187 Å². The minimum atomic E-state index is -0.194. The molecule has 4 aromatic carbocycles. The number of benzene rings is 4. The van der Waals surface area contributed by atoms with Gasteiger partial charge in [0.05, 0.1) is 11.0 Å². The van der Waals surface area contributed by atoms with Crippen LogP contribution in [-0.4, -0.2) is 20.8 Å². The molecule has 0 bridgehead atoms. The Hall–Kier alpha value is -3.56.